The van der Waals surface area contributed by atoms with Gasteiger partial charge < -0.3 is 20.5 Å². The summed E-state index contributed by atoms with van der Waals surface area (Å²) in [6.07, 6.45) is 1.51. The number of anilines is 1. The average Bonchev–Trinajstić information content (AvgIpc) is 2.35. The fourth-order valence-electron chi connectivity index (χ4n) is 2.01. The SMILES string of the molecule is COc1ccc(NC(=O)C2CC(N)C2)c(OC)c1. The van der Waals surface area contributed by atoms with Crippen LogP contribution in [0.3, 0.4) is 0 Å². The monoisotopic (exact) mass is 250 g/mol. The molecular weight excluding hydrogens is 232 g/mol. The minimum atomic E-state index is 0.000154. The van der Waals surface area contributed by atoms with E-state index in [0.29, 0.717) is 17.2 Å². The molecule has 0 radical (unpaired) electrons. The number of carbonyl (C=O) groups is 1. The Balaban J connectivity index is 2.06. The third-order valence-electron chi connectivity index (χ3n) is 3.21. The minimum Gasteiger partial charge on any atom is -0.497 e. The number of hydrogen-bond donors (Lipinski definition) is 2. The van der Waals surface area contributed by atoms with Gasteiger partial charge in [0.2, 0.25) is 5.91 Å². The number of nitrogens with one attached hydrogen (secondary N) is 1. The van der Waals surface area contributed by atoms with Crippen LogP contribution in [0.4, 0.5) is 5.69 Å². The van der Waals surface area contributed by atoms with Gasteiger partial charge in [-0.05, 0) is 25.0 Å². The highest BCUT2D eigenvalue weighted by atomic mass is 16.5. The fraction of sp³-hybridized carbons (Fsp3) is 0.462. The molecule has 0 heterocycles. The molecule has 0 aromatic heterocycles. The van der Waals surface area contributed by atoms with Crippen LogP contribution in [0.1, 0.15) is 12.8 Å². The zero-order valence-electron chi connectivity index (χ0n) is 10.6. The van der Waals surface area contributed by atoms with E-state index < -0.39 is 0 Å². The van der Waals surface area contributed by atoms with Crippen LogP contribution in [0.2, 0.25) is 0 Å². The predicted octanol–water partition coefficient (Wildman–Crippen LogP) is 1.38. The molecule has 0 saturated heterocycles. The molecule has 18 heavy (non-hydrogen) atoms. The van der Waals surface area contributed by atoms with Gasteiger partial charge in [0.1, 0.15) is 11.5 Å². The van der Waals surface area contributed by atoms with Gasteiger partial charge >= 0.3 is 0 Å². The van der Waals surface area contributed by atoms with Crippen molar-refractivity contribution in [1.29, 1.82) is 0 Å². The maximum Gasteiger partial charge on any atom is 0.227 e. The van der Waals surface area contributed by atoms with E-state index in [9.17, 15) is 4.79 Å². The lowest BCUT2D eigenvalue weighted by Gasteiger charge is -2.31. The summed E-state index contributed by atoms with van der Waals surface area (Å²) in [7, 11) is 3.15. The quantitative estimate of drug-likeness (QED) is 0.846. The molecule has 1 aliphatic carbocycles. The van der Waals surface area contributed by atoms with Crippen LogP contribution in [0.25, 0.3) is 0 Å². The molecule has 0 aliphatic heterocycles. The Bertz CT molecular complexity index is 442. The maximum absolute atomic E-state index is 11.9. The van der Waals surface area contributed by atoms with E-state index in [-0.39, 0.29) is 17.9 Å². The van der Waals surface area contributed by atoms with Crippen molar-refractivity contribution in [3.63, 3.8) is 0 Å². The van der Waals surface area contributed by atoms with E-state index in [1.54, 1.807) is 32.4 Å². The molecule has 98 valence electrons. The van der Waals surface area contributed by atoms with Gasteiger partial charge in [0.25, 0.3) is 0 Å². The summed E-state index contributed by atoms with van der Waals surface area (Å²) in [6, 6.07) is 5.46. The van der Waals surface area contributed by atoms with Crippen molar-refractivity contribution in [2.24, 2.45) is 11.7 Å². The molecule has 1 amide bonds. The molecule has 0 unspecified atom stereocenters. The minimum absolute atomic E-state index is 0.000154. The lowest BCUT2D eigenvalue weighted by Crippen LogP contribution is -2.42. The van der Waals surface area contributed by atoms with Gasteiger partial charge in [-0.2, -0.15) is 0 Å². The van der Waals surface area contributed by atoms with Gasteiger partial charge in [-0.1, -0.05) is 0 Å². The molecule has 0 atom stereocenters. The van der Waals surface area contributed by atoms with E-state index in [2.05, 4.69) is 5.32 Å². The van der Waals surface area contributed by atoms with Gasteiger partial charge in [-0.15, -0.1) is 0 Å². The Labute approximate surface area is 106 Å². The van der Waals surface area contributed by atoms with E-state index in [4.69, 9.17) is 15.2 Å². The van der Waals surface area contributed by atoms with Gasteiger partial charge in [-0.25, -0.2) is 0 Å². The van der Waals surface area contributed by atoms with Gasteiger partial charge in [0.15, 0.2) is 0 Å². The highest BCUT2D eigenvalue weighted by Crippen LogP contribution is 2.32. The van der Waals surface area contributed by atoms with Crippen LogP contribution in [-0.2, 0) is 4.79 Å². The van der Waals surface area contributed by atoms with E-state index in [1.807, 2.05) is 0 Å². The number of methoxy groups -OCH3 is 2. The molecule has 5 heteroatoms. The third-order valence-corrected chi connectivity index (χ3v) is 3.21. The summed E-state index contributed by atoms with van der Waals surface area (Å²) in [5.41, 5.74) is 6.33. The van der Waals surface area contributed by atoms with E-state index in [0.717, 1.165) is 12.8 Å². The van der Waals surface area contributed by atoms with Gasteiger partial charge in [0, 0.05) is 18.0 Å². The summed E-state index contributed by atoms with van der Waals surface area (Å²) < 4.78 is 10.3. The van der Waals surface area contributed by atoms with Crippen molar-refractivity contribution in [3.05, 3.63) is 18.2 Å². The second-order valence-electron chi connectivity index (χ2n) is 4.48. The standard InChI is InChI=1S/C13H18N2O3/c1-17-10-3-4-11(12(7-10)18-2)15-13(16)8-5-9(14)6-8/h3-4,7-9H,5-6,14H2,1-2H3,(H,15,16). The van der Waals surface area contributed by atoms with Crippen molar-refractivity contribution in [2.75, 3.05) is 19.5 Å². The van der Waals surface area contributed by atoms with Crippen LogP contribution in [0.5, 0.6) is 11.5 Å². The number of rotatable bonds is 4. The second kappa shape index (κ2) is 5.27. The molecule has 0 spiro atoms. The molecule has 1 aliphatic rings. The molecule has 2 rings (SSSR count). The first-order chi connectivity index (χ1) is 8.63. The number of amides is 1. The summed E-state index contributed by atoms with van der Waals surface area (Å²) >= 11 is 0. The summed E-state index contributed by atoms with van der Waals surface area (Å²) in [6.45, 7) is 0. The van der Waals surface area contributed by atoms with Gasteiger partial charge in [-0.3, -0.25) is 4.79 Å². The molecule has 3 N–H and O–H groups in total. The number of ether oxygens (including phenoxy) is 2. The molecule has 1 saturated carbocycles. The Morgan fingerprint density at radius 1 is 1.33 bits per heavy atom. The Kier molecular flexibility index (Phi) is 3.72. The smallest absolute Gasteiger partial charge is 0.227 e. The van der Waals surface area contributed by atoms with E-state index in [1.165, 1.54) is 0 Å². The second-order valence-corrected chi connectivity index (χ2v) is 4.48. The molecule has 5 nitrogen and oxygen atoms in total. The summed E-state index contributed by atoms with van der Waals surface area (Å²) in [5, 5.41) is 2.86. The van der Waals surface area contributed by atoms with Crippen molar-refractivity contribution in [1.82, 2.24) is 0 Å². The van der Waals surface area contributed by atoms with Crippen molar-refractivity contribution in [3.8, 4) is 11.5 Å². The van der Waals surface area contributed by atoms with Crippen LogP contribution in [0, 0.1) is 5.92 Å². The van der Waals surface area contributed by atoms with Gasteiger partial charge in [0.05, 0.1) is 19.9 Å². The first-order valence-electron chi connectivity index (χ1n) is 5.92. The lowest BCUT2D eigenvalue weighted by molar-refractivity contribution is -0.122. The first-order valence-corrected chi connectivity index (χ1v) is 5.92. The largest absolute Gasteiger partial charge is 0.497 e. The van der Waals surface area contributed by atoms with E-state index >= 15 is 0 Å². The third kappa shape index (κ3) is 2.56. The maximum atomic E-state index is 11.9. The normalized spacial score (nSPS) is 21.9. The topological polar surface area (TPSA) is 73.6 Å². The lowest BCUT2D eigenvalue weighted by atomic mass is 9.80. The predicted molar refractivity (Wildman–Crippen MR) is 68.9 cm³/mol. The number of benzene rings is 1. The Morgan fingerprint density at radius 3 is 2.61 bits per heavy atom. The molecular formula is C13H18N2O3. The highest BCUT2D eigenvalue weighted by molar-refractivity contribution is 5.94. The van der Waals surface area contributed by atoms with Crippen molar-refractivity contribution in [2.45, 2.75) is 18.9 Å². The Morgan fingerprint density at radius 2 is 2.06 bits per heavy atom. The summed E-state index contributed by atoms with van der Waals surface area (Å²) in [5.74, 6) is 1.30. The summed E-state index contributed by atoms with van der Waals surface area (Å²) in [4.78, 5) is 11.9. The van der Waals surface area contributed by atoms with Crippen LogP contribution >= 0.6 is 0 Å². The van der Waals surface area contributed by atoms with Crippen LogP contribution in [0.15, 0.2) is 18.2 Å². The first kappa shape index (κ1) is 12.7. The number of carbonyl (C=O) groups excluding carboxylic acids is 1. The highest BCUT2D eigenvalue weighted by Gasteiger charge is 2.32. The zero-order chi connectivity index (χ0) is 13.1. The molecule has 1 aromatic carbocycles. The fourth-order valence-corrected chi connectivity index (χ4v) is 2.01. The number of nitrogens with two attached hydrogens (primary N) is 1. The van der Waals surface area contributed by atoms with Crippen molar-refractivity contribution >= 4 is 11.6 Å². The molecule has 1 fully saturated rings. The average molecular weight is 250 g/mol. The van der Waals surface area contributed by atoms with Crippen LogP contribution < -0.4 is 20.5 Å². The number of hydrogen-bond acceptors (Lipinski definition) is 4. The van der Waals surface area contributed by atoms with Crippen LogP contribution in [-0.4, -0.2) is 26.2 Å². The molecule has 0 bridgehead atoms. The zero-order valence-corrected chi connectivity index (χ0v) is 10.6. The Hall–Kier alpha value is -1.75. The van der Waals surface area contributed by atoms with Crippen molar-refractivity contribution < 1.29 is 14.3 Å². The molecule has 1 aromatic rings.